The lowest BCUT2D eigenvalue weighted by Crippen LogP contribution is -2.42. The number of hydrogen-bond acceptors (Lipinski definition) is 5. The molecular weight excluding hydrogens is 294 g/mol. The Morgan fingerprint density at radius 2 is 2.26 bits per heavy atom. The topological polar surface area (TPSA) is 65.4 Å². The van der Waals surface area contributed by atoms with Gasteiger partial charge in [0, 0.05) is 18.0 Å². The summed E-state index contributed by atoms with van der Waals surface area (Å²) >= 11 is 0. The number of benzene rings is 1. The van der Waals surface area contributed by atoms with Crippen molar-refractivity contribution in [2.24, 2.45) is 0 Å². The standard InChI is InChI=1S/C17H23N3O3/c1-11(2)23-16-9-14(6-7-18-16)20-10-13-8-12(17(21)22-3)4-5-15(13)19-20/h4-5,8,10-11,14,16,18H,6-7,9H2,1-3H3. The highest BCUT2D eigenvalue weighted by Crippen LogP contribution is 2.25. The number of piperidine rings is 1. The van der Waals surface area contributed by atoms with Crippen LogP contribution in [0, 0.1) is 0 Å². The van der Waals surface area contributed by atoms with E-state index in [4.69, 9.17) is 9.47 Å². The maximum Gasteiger partial charge on any atom is 0.337 e. The molecule has 3 rings (SSSR count). The predicted molar refractivity (Wildman–Crippen MR) is 87.4 cm³/mol. The second-order valence-electron chi connectivity index (χ2n) is 6.18. The monoisotopic (exact) mass is 317 g/mol. The van der Waals surface area contributed by atoms with Crippen LogP contribution in [-0.4, -0.2) is 41.7 Å². The highest BCUT2D eigenvalue weighted by Gasteiger charge is 2.24. The number of nitrogens with zero attached hydrogens (tertiary/aromatic N) is 2. The van der Waals surface area contributed by atoms with Gasteiger partial charge in [-0.15, -0.1) is 0 Å². The van der Waals surface area contributed by atoms with Gasteiger partial charge >= 0.3 is 5.97 Å². The van der Waals surface area contributed by atoms with E-state index in [1.54, 1.807) is 6.07 Å². The first-order valence-corrected chi connectivity index (χ1v) is 8.03. The molecule has 1 saturated heterocycles. The van der Waals surface area contributed by atoms with Crippen molar-refractivity contribution in [3.63, 3.8) is 0 Å². The second-order valence-corrected chi connectivity index (χ2v) is 6.18. The molecule has 0 bridgehead atoms. The van der Waals surface area contributed by atoms with Crippen molar-refractivity contribution in [2.45, 2.75) is 45.1 Å². The van der Waals surface area contributed by atoms with Gasteiger partial charge in [0.1, 0.15) is 6.23 Å². The van der Waals surface area contributed by atoms with Gasteiger partial charge in [-0.1, -0.05) is 0 Å². The quantitative estimate of drug-likeness (QED) is 0.878. The number of esters is 1. The summed E-state index contributed by atoms with van der Waals surface area (Å²) in [5.41, 5.74) is 1.43. The molecule has 0 radical (unpaired) electrons. The van der Waals surface area contributed by atoms with Crippen molar-refractivity contribution in [1.29, 1.82) is 0 Å². The van der Waals surface area contributed by atoms with Gasteiger partial charge in [0.15, 0.2) is 0 Å². The smallest absolute Gasteiger partial charge is 0.337 e. The molecule has 6 nitrogen and oxygen atoms in total. The van der Waals surface area contributed by atoms with Gasteiger partial charge in [0.05, 0.1) is 30.3 Å². The fraction of sp³-hybridized carbons (Fsp3) is 0.529. The summed E-state index contributed by atoms with van der Waals surface area (Å²) in [7, 11) is 1.39. The number of nitrogens with one attached hydrogen (secondary N) is 1. The molecular formula is C17H23N3O3. The lowest BCUT2D eigenvalue weighted by atomic mass is 10.1. The molecule has 1 fully saturated rings. The predicted octanol–water partition coefficient (Wildman–Crippen LogP) is 2.50. The summed E-state index contributed by atoms with van der Waals surface area (Å²) in [6.45, 7) is 5.00. The number of hydrogen-bond donors (Lipinski definition) is 1. The minimum atomic E-state index is -0.327. The molecule has 2 aromatic rings. The van der Waals surface area contributed by atoms with Crippen LogP contribution >= 0.6 is 0 Å². The molecule has 0 spiro atoms. The Kier molecular flexibility index (Phi) is 4.63. The van der Waals surface area contributed by atoms with Gasteiger partial charge < -0.3 is 9.47 Å². The Bertz CT molecular complexity index is 695. The highest BCUT2D eigenvalue weighted by atomic mass is 16.5. The van der Waals surface area contributed by atoms with E-state index in [-0.39, 0.29) is 18.3 Å². The molecule has 1 aliphatic rings. The molecule has 1 aliphatic heterocycles. The third-order valence-electron chi connectivity index (χ3n) is 4.09. The number of methoxy groups -OCH3 is 1. The number of rotatable bonds is 4. The van der Waals surface area contributed by atoms with Crippen molar-refractivity contribution in [1.82, 2.24) is 15.1 Å². The molecule has 6 heteroatoms. The van der Waals surface area contributed by atoms with Crippen molar-refractivity contribution < 1.29 is 14.3 Å². The minimum absolute atomic E-state index is 0.0618. The van der Waals surface area contributed by atoms with E-state index in [1.165, 1.54) is 7.11 Å². The van der Waals surface area contributed by atoms with Crippen molar-refractivity contribution >= 4 is 16.9 Å². The minimum Gasteiger partial charge on any atom is -0.465 e. The Hall–Kier alpha value is -1.92. The largest absolute Gasteiger partial charge is 0.465 e. The number of carbonyl (C=O) groups excluding carboxylic acids is 1. The zero-order valence-electron chi connectivity index (χ0n) is 13.8. The average molecular weight is 317 g/mol. The molecule has 2 heterocycles. The maximum atomic E-state index is 11.6. The lowest BCUT2D eigenvalue weighted by molar-refractivity contribution is -0.0368. The van der Waals surface area contributed by atoms with Gasteiger partial charge in [-0.2, -0.15) is 5.10 Å². The van der Waals surface area contributed by atoms with Gasteiger partial charge in [-0.05, 0) is 45.0 Å². The van der Waals surface area contributed by atoms with Crippen LogP contribution < -0.4 is 5.32 Å². The SMILES string of the molecule is COC(=O)c1ccc2nn(C3CCNC(OC(C)C)C3)cc2c1. The molecule has 23 heavy (non-hydrogen) atoms. The number of aromatic nitrogens is 2. The first-order valence-electron chi connectivity index (χ1n) is 8.03. The summed E-state index contributed by atoms with van der Waals surface area (Å²) in [6.07, 6.45) is 4.16. The molecule has 0 saturated carbocycles. The third kappa shape index (κ3) is 3.54. The number of ether oxygens (including phenoxy) is 2. The van der Waals surface area contributed by atoms with Gasteiger partial charge in [0.25, 0.3) is 0 Å². The van der Waals surface area contributed by atoms with Crippen LogP contribution in [0.1, 0.15) is 43.1 Å². The van der Waals surface area contributed by atoms with Crippen LogP contribution in [-0.2, 0) is 9.47 Å². The molecule has 0 amide bonds. The molecule has 124 valence electrons. The van der Waals surface area contributed by atoms with E-state index < -0.39 is 0 Å². The van der Waals surface area contributed by atoms with Crippen LogP contribution in [0.5, 0.6) is 0 Å². The van der Waals surface area contributed by atoms with E-state index in [0.29, 0.717) is 11.6 Å². The van der Waals surface area contributed by atoms with Crippen LogP contribution in [0.2, 0.25) is 0 Å². The molecule has 1 aromatic heterocycles. The third-order valence-corrected chi connectivity index (χ3v) is 4.09. The second kappa shape index (κ2) is 6.68. The lowest BCUT2D eigenvalue weighted by Gasteiger charge is -2.31. The summed E-state index contributed by atoms with van der Waals surface area (Å²) in [4.78, 5) is 11.6. The molecule has 2 atom stereocenters. The van der Waals surface area contributed by atoms with Crippen LogP contribution in [0.3, 0.4) is 0 Å². The Labute approximate surface area is 135 Å². The normalized spacial score (nSPS) is 21.7. The molecule has 0 aliphatic carbocycles. The van der Waals surface area contributed by atoms with Gasteiger partial charge in [-0.25, -0.2) is 4.79 Å². The van der Waals surface area contributed by atoms with Gasteiger partial charge in [0.2, 0.25) is 0 Å². The van der Waals surface area contributed by atoms with Crippen LogP contribution in [0.25, 0.3) is 10.9 Å². The fourth-order valence-electron chi connectivity index (χ4n) is 3.01. The van der Waals surface area contributed by atoms with Crippen molar-refractivity contribution in [3.05, 3.63) is 30.0 Å². The average Bonchev–Trinajstić information content (AvgIpc) is 2.97. The Morgan fingerprint density at radius 3 is 3.00 bits per heavy atom. The van der Waals surface area contributed by atoms with E-state index in [0.717, 1.165) is 30.3 Å². The maximum absolute atomic E-state index is 11.6. The van der Waals surface area contributed by atoms with Crippen LogP contribution in [0.4, 0.5) is 0 Å². The van der Waals surface area contributed by atoms with Crippen molar-refractivity contribution in [2.75, 3.05) is 13.7 Å². The van der Waals surface area contributed by atoms with E-state index in [9.17, 15) is 4.79 Å². The summed E-state index contributed by atoms with van der Waals surface area (Å²) in [5.74, 6) is -0.327. The van der Waals surface area contributed by atoms with E-state index >= 15 is 0 Å². The highest BCUT2D eigenvalue weighted by molar-refractivity contribution is 5.94. The molecule has 1 aromatic carbocycles. The Balaban J connectivity index is 1.81. The summed E-state index contributed by atoms with van der Waals surface area (Å²) < 4.78 is 12.6. The molecule has 1 N–H and O–H groups in total. The first kappa shape index (κ1) is 16.0. The Morgan fingerprint density at radius 1 is 1.43 bits per heavy atom. The molecule has 2 unspecified atom stereocenters. The summed E-state index contributed by atoms with van der Waals surface area (Å²) in [5, 5.41) is 9.00. The zero-order chi connectivity index (χ0) is 16.4. The van der Waals surface area contributed by atoms with Crippen LogP contribution in [0.15, 0.2) is 24.4 Å². The number of fused-ring (bicyclic) bond motifs is 1. The first-order chi connectivity index (χ1) is 11.1. The fourth-order valence-corrected chi connectivity index (χ4v) is 3.01. The zero-order valence-corrected chi connectivity index (χ0v) is 13.8. The van der Waals surface area contributed by atoms with Crippen molar-refractivity contribution in [3.8, 4) is 0 Å². The summed E-state index contributed by atoms with van der Waals surface area (Å²) in [6, 6.07) is 5.74. The van der Waals surface area contributed by atoms with Gasteiger partial charge in [-0.3, -0.25) is 10.00 Å². The number of carbonyl (C=O) groups is 1. The van der Waals surface area contributed by atoms with E-state index in [2.05, 4.69) is 10.4 Å². The van der Waals surface area contributed by atoms with E-state index in [1.807, 2.05) is 36.9 Å².